The lowest BCUT2D eigenvalue weighted by atomic mass is 9.92. The number of aromatic nitrogens is 2. The predicted molar refractivity (Wildman–Crippen MR) is 113 cm³/mol. The Balaban J connectivity index is 0.00000240. The first kappa shape index (κ1) is 20.8. The minimum absolute atomic E-state index is 0. The molecule has 1 N–H and O–H groups in total. The van der Waals surface area contributed by atoms with Crippen LogP contribution in [0.15, 0.2) is 34.9 Å². The maximum atomic E-state index is 9.43. The number of halogens is 1. The Labute approximate surface area is 176 Å². The second-order valence-corrected chi connectivity index (χ2v) is 7.22. The molecule has 0 amide bonds. The SMILES string of the molecule is Cc1c(-c2noc(-c3ccc(OC(C)C)c(C#N)c3)n2)ccc2c1CCNC2.Cl. The summed E-state index contributed by atoms with van der Waals surface area (Å²) in [5.74, 6) is 1.51. The van der Waals surface area contributed by atoms with Crippen LogP contribution in [0.25, 0.3) is 22.8 Å². The molecule has 1 aliphatic heterocycles. The molecule has 0 unspecified atom stereocenters. The summed E-state index contributed by atoms with van der Waals surface area (Å²) in [6.07, 6.45) is 0.998. The van der Waals surface area contributed by atoms with E-state index in [1.54, 1.807) is 12.1 Å². The quantitative estimate of drug-likeness (QED) is 0.684. The molecule has 0 aliphatic carbocycles. The van der Waals surface area contributed by atoms with Crippen LogP contribution in [0, 0.1) is 18.3 Å². The molecule has 0 bridgehead atoms. The first-order chi connectivity index (χ1) is 13.6. The van der Waals surface area contributed by atoms with Gasteiger partial charge in [-0.15, -0.1) is 12.4 Å². The summed E-state index contributed by atoms with van der Waals surface area (Å²) in [4.78, 5) is 4.58. The van der Waals surface area contributed by atoms with Crippen molar-refractivity contribution in [3.63, 3.8) is 0 Å². The van der Waals surface area contributed by atoms with Crippen molar-refractivity contribution in [2.45, 2.75) is 39.8 Å². The zero-order valence-electron chi connectivity index (χ0n) is 16.7. The third kappa shape index (κ3) is 4.12. The van der Waals surface area contributed by atoms with E-state index < -0.39 is 0 Å². The average molecular weight is 411 g/mol. The molecule has 1 aromatic heterocycles. The maximum absolute atomic E-state index is 9.43. The van der Waals surface area contributed by atoms with Crippen molar-refractivity contribution in [1.82, 2.24) is 15.5 Å². The number of ether oxygens (including phenoxy) is 1. The van der Waals surface area contributed by atoms with E-state index >= 15 is 0 Å². The molecule has 0 saturated heterocycles. The van der Waals surface area contributed by atoms with Gasteiger partial charge in [-0.05, 0) is 68.6 Å². The van der Waals surface area contributed by atoms with Crippen molar-refractivity contribution < 1.29 is 9.26 Å². The van der Waals surface area contributed by atoms with Crippen LogP contribution >= 0.6 is 12.4 Å². The Kier molecular flexibility index (Phi) is 6.21. The average Bonchev–Trinajstić information content (AvgIpc) is 3.18. The Morgan fingerprint density at radius 1 is 1.24 bits per heavy atom. The third-order valence-corrected chi connectivity index (χ3v) is 4.94. The highest BCUT2D eigenvalue weighted by Gasteiger charge is 2.19. The number of nitrogens with one attached hydrogen (secondary N) is 1. The molecule has 3 aromatic rings. The zero-order valence-corrected chi connectivity index (χ0v) is 17.5. The standard InChI is InChI=1S/C22H22N4O2.ClH/c1-13(2)27-20-7-5-15(10-17(20)11-23)22-25-21(26-28-22)19-6-4-16-12-24-9-8-18(16)14(19)3;/h4-7,10,13,24H,8-9,12H2,1-3H3;1H. The van der Waals surface area contributed by atoms with Crippen LogP contribution in [0.5, 0.6) is 5.75 Å². The monoisotopic (exact) mass is 410 g/mol. The molecule has 150 valence electrons. The molecule has 7 heteroatoms. The number of hydrogen-bond acceptors (Lipinski definition) is 6. The minimum Gasteiger partial charge on any atom is -0.490 e. The number of nitrogens with zero attached hydrogens (tertiary/aromatic N) is 3. The van der Waals surface area contributed by atoms with Gasteiger partial charge in [0.15, 0.2) is 0 Å². The highest BCUT2D eigenvalue weighted by molar-refractivity contribution is 5.85. The van der Waals surface area contributed by atoms with Gasteiger partial charge in [0.1, 0.15) is 11.8 Å². The molecule has 29 heavy (non-hydrogen) atoms. The summed E-state index contributed by atoms with van der Waals surface area (Å²) in [6.45, 7) is 7.85. The van der Waals surface area contributed by atoms with Crippen LogP contribution in [0.3, 0.4) is 0 Å². The number of fused-ring (bicyclic) bond motifs is 1. The molecule has 0 radical (unpaired) electrons. The normalized spacial score (nSPS) is 12.8. The van der Waals surface area contributed by atoms with Crippen molar-refractivity contribution in [2.75, 3.05) is 6.54 Å². The molecule has 4 rings (SSSR count). The lowest BCUT2D eigenvalue weighted by Crippen LogP contribution is -2.24. The third-order valence-electron chi connectivity index (χ3n) is 4.94. The van der Waals surface area contributed by atoms with Gasteiger partial charge in [-0.25, -0.2) is 0 Å². The predicted octanol–water partition coefficient (Wildman–Crippen LogP) is 4.44. The Hall–Kier alpha value is -2.88. The Bertz CT molecular complexity index is 1070. The first-order valence-corrected chi connectivity index (χ1v) is 9.44. The van der Waals surface area contributed by atoms with E-state index in [0.29, 0.717) is 28.6 Å². The molecule has 2 aromatic carbocycles. The number of benzene rings is 2. The summed E-state index contributed by atoms with van der Waals surface area (Å²) >= 11 is 0. The van der Waals surface area contributed by atoms with Gasteiger partial charge < -0.3 is 14.6 Å². The Morgan fingerprint density at radius 2 is 2.07 bits per heavy atom. The highest BCUT2D eigenvalue weighted by atomic mass is 35.5. The van der Waals surface area contributed by atoms with E-state index in [-0.39, 0.29) is 18.5 Å². The smallest absolute Gasteiger partial charge is 0.258 e. The van der Waals surface area contributed by atoms with Gasteiger partial charge in [0.25, 0.3) is 5.89 Å². The minimum atomic E-state index is -0.00450. The van der Waals surface area contributed by atoms with Crippen LogP contribution in [0.1, 0.15) is 36.1 Å². The van der Waals surface area contributed by atoms with Crippen molar-refractivity contribution in [3.05, 3.63) is 52.6 Å². The van der Waals surface area contributed by atoms with E-state index in [2.05, 4.69) is 40.6 Å². The first-order valence-electron chi connectivity index (χ1n) is 9.44. The molecule has 0 atom stereocenters. The highest BCUT2D eigenvalue weighted by Crippen LogP contribution is 2.31. The summed E-state index contributed by atoms with van der Waals surface area (Å²) in [5, 5.41) is 17.0. The van der Waals surface area contributed by atoms with Gasteiger partial charge in [0.05, 0.1) is 11.7 Å². The molecule has 2 heterocycles. The van der Waals surface area contributed by atoms with E-state index in [0.717, 1.165) is 25.1 Å². The summed E-state index contributed by atoms with van der Waals surface area (Å²) in [7, 11) is 0. The number of rotatable bonds is 4. The number of nitriles is 1. The summed E-state index contributed by atoms with van der Waals surface area (Å²) in [6, 6.07) is 11.7. The van der Waals surface area contributed by atoms with Crippen LogP contribution in [-0.2, 0) is 13.0 Å². The van der Waals surface area contributed by atoms with Gasteiger partial charge in [-0.3, -0.25) is 0 Å². The Morgan fingerprint density at radius 3 is 2.83 bits per heavy atom. The van der Waals surface area contributed by atoms with Crippen molar-refractivity contribution in [2.24, 2.45) is 0 Å². The molecule has 0 saturated carbocycles. The van der Waals surface area contributed by atoms with Gasteiger partial charge >= 0.3 is 0 Å². The molecular weight excluding hydrogens is 388 g/mol. The largest absolute Gasteiger partial charge is 0.490 e. The zero-order chi connectivity index (χ0) is 19.7. The van der Waals surface area contributed by atoms with E-state index in [1.807, 2.05) is 19.9 Å². The fraction of sp³-hybridized carbons (Fsp3) is 0.318. The summed E-state index contributed by atoms with van der Waals surface area (Å²) in [5.41, 5.74) is 6.02. The van der Waals surface area contributed by atoms with Crippen LogP contribution < -0.4 is 10.1 Å². The summed E-state index contributed by atoms with van der Waals surface area (Å²) < 4.78 is 11.2. The second-order valence-electron chi connectivity index (χ2n) is 7.22. The van der Waals surface area contributed by atoms with Gasteiger partial charge in [0.2, 0.25) is 5.82 Å². The van der Waals surface area contributed by atoms with Gasteiger partial charge in [0, 0.05) is 17.7 Å². The topological polar surface area (TPSA) is 84.0 Å². The van der Waals surface area contributed by atoms with Crippen LogP contribution in [0.2, 0.25) is 0 Å². The fourth-order valence-electron chi connectivity index (χ4n) is 3.56. The van der Waals surface area contributed by atoms with Gasteiger partial charge in [-0.1, -0.05) is 17.3 Å². The molecule has 6 nitrogen and oxygen atoms in total. The second kappa shape index (κ2) is 8.64. The van der Waals surface area contributed by atoms with Crippen LogP contribution in [-0.4, -0.2) is 22.8 Å². The maximum Gasteiger partial charge on any atom is 0.258 e. The fourth-order valence-corrected chi connectivity index (χ4v) is 3.56. The van der Waals surface area contributed by atoms with E-state index in [4.69, 9.17) is 9.26 Å². The lowest BCUT2D eigenvalue weighted by Gasteiger charge is -2.20. The van der Waals surface area contributed by atoms with E-state index in [1.165, 1.54) is 16.7 Å². The number of hydrogen-bond donors (Lipinski definition) is 1. The molecule has 0 spiro atoms. The lowest BCUT2D eigenvalue weighted by molar-refractivity contribution is 0.242. The molecular formula is C22H23ClN4O2. The van der Waals surface area contributed by atoms with E-state index in [9.17, 15) is 5.26 Å². The van der Waals surface area contributed by atoms with Crippen LogP contribution in [0.4, 0.5) is 0 Å². The molecule has 1 aliphatic rings. The van der Waals surface area contributed by atoms with Crippen molar-refractivity contribution in [3.8, 4) is 34.7 Å². The van der Waals surface area contributed by atoms with Gasteiger partial charge in [-0.2, -0.15) is 10.2 Å². The van der Waals surface area contributed by atoms with Crippen molar-refractivity contribution >= 4 is 12.4 Å². The van der Waals surface area contributed by atoms with Crippen molar-refractivity contribution in [1.29, 1.82) is 5.26 Å². The molecule has 0 fully saturated rings.